The summed E-state index contributed by atoms with van der Waals surface area (Å²) in [6.07, 6.45) is 2.48. The van der Waals surface area contributed by atoms with Crippen molar-refractivity contribution >= 4 is 21.8 Å². The number of benzene rings is 2. The summed E-state index contributed by atoms with van der Waals surface area (Å²) in [7, 11) is -2.54. The van der Waals surface area contributed by atoms with E-state index in [1.807, 2.05) is 6.92 Å². The average molecular weight is 450 g/mol. The summed E-state index contributed by atoms with van der Waals surface area (Å²) in [6, 6.07) is 8.68. The summed E-state index contributed by atoms with van der Waals surface area (Å²) in [6.45, 7) is 1.69. The first-order chi connectivity index (χ1) is 14.7. The summed E-state index contributed by atoms with van der Waals surface area (Å²) in [4.78, 5) is 24.5. The maximum Gasteiger partial charge on any atom is 0.338 e. The predicted octanol–water partition coefficient (Wildman–Crippen LogP) is 3.44. The van der Waals surface area contributed by atoms with Crippen molar-refractivity contribution in [3.8, 4) is 5.75 Å². The molecule has 2 aromatic carbocycles. The predicted molar refractivity (Wildman–Crippen MR) is 111 cm³/mol. The van der Waals surface area contributed by atoms with E-state index in [2.05, 4.69) is 0 Å². The highest BCUT2D eigenvalue weighted by Gasteiger charge is 2.33. The lowest BCUT2D eigenvalue weighted by Gasteiger charge is -2.32. The van der Waals surface area contributed by atoms with Crippen LogP contribution in [0.1, 0.15) is 46.9 Å². The molecule has 0 aromatic heterocycles. The first kappa shape index (κ1) is 22.9. The van der Waals surface area contributed by atoms with E-state index in [0.29, 0.717) is 6.54 Å². The molecule has 2 aromatic rings. The molecule has 1 atom stereocenters. The van der Waals surface area contributed by atoms with Gasteiger partial charge in [0.15, 0.2) is 12.4 Å². The number of rotatable bonds is 7. The molecule has 0 spiro atoms. The standard InChI is InChI=1S/C22H24FNO6S/c1-15-5-3-4-12-24(15)31(27,28)21-13-17(8-11-20(21)29-2)22(26)30-14-19(25)16-6-9-18(23)10-7-16/h6-11,13,15H,3-5,12,14H2,1-2H3. The number of hydrogen-bond acceptors (Lipinski definition) is 6. The Morgan fingerprint density at radius 2 is 1.77 bits per heavy atom. The van der Waals surface area contributed by atoms with E-state index < -0.39 is 34.2 Å². The Balaban J connectivity index is 1.80. The number of methoxy groups -OCH3 is 1. The molecular weight excluding hydrogens is 425 g/mol. The van der Waals surface area contributed by atoms with Gasteiger partial charge in [-0.3, -0.25) is 4.79 Å². The molecule has 3 rings (SSSR count). The number of ketones is 1. The van der Waals surface area contributed by atoms with Crippen molar-refractivity contribution in [3.05, 3.63) is 59.4 Å². The zero-order chi connectivity index (χ0) is 22.6. The smallest absolute Gasteiger partial charge is 0.338 e. The number of Topliss-reactive ketones (excluding diaryl/α,β-unsaturated/α-hetero) is 1. The van der Waals surface area contributed by atoms with E-state index in [9.17, 15) is 22.4 Å². The van der Waals surface area contributed by atoms with Crippen LogP contribution in [0.25, 0.3) is 0 Å². The molecule has 31 heavy (non-hydrogen) atoms. The van der Waals surface area contributed by atoms with Crippen LogP contribution in [0.3, 0.4) is 0 Å². The molecule has 9 heteroatoms. The Morgan fingerprint density at radius 1 is 1.10 bits per heavy atom. The lowest BCUT2D eigenvalue weighted by Crippen LogP contribution is -2.42. The fourth-order valence-corrected chi connectivity index (χ4v) is 5.38. The SMILES string of the molecule is COc1ccc(C(=O)OCC(=O)c2ccc(F)cc2)cc1S(=O)(=O)N1CCCCC1C. The normalized spacial score (nSPS) is 17.2. The van der Waals surface area contributed by atoms with Crippen LogP contribution >= 0.6 is 0 Å². The highest BCUT2D eigenvalue weighted by Crippen LogP contribution is 2.31. The van der Waals surface area contributed by atoms with E-state index in [-0.39, 0.29) is 27.8 Å². The minimum atomic E-state index is -3.89. The fourth-order valence-electron chi connectivity index (χ4n) is 3.49. The average Bonchev–Trinajstić information content (AvgIpc) is 2.77. The summed E-state index contributed by atoms with van der Waals surface area (Å²) in [5, 5.41) is 0. The zero-order valence-corrected chi connectivity index (χ0v) is 18.2. The maximum absolute atomic E-state index is 13.2. The first-order valence-corrected chi connectivity index (χ1v) is 11.3. The largest absolute Gasteiger partial charge is 0.495 e. The van der Waals surface area contributed by atoms with Crippen LogP contribution in [0.15, 0.2) is 47.4 Å². The molecule has 0 aliphatic carbocycles. The van der Waals surface area contributed by atoms with Crippen LogP contribution in [0.5, 0.6) is 5.75 Å². The van der Waals surface area contributed by atoms with Crippen molar-refractivity contribution in [2.75, 3.05) is 20.3 Å². The number of hydrogen-bond donors (Lipinski definition) is 0. The molecule has 0 bridgehead atoms. The van der Waals surface area contributed by atoms with Crippen LogP contribution in [0, 0.1) is 5.82 Å². The van der Waals surface area contributed by atoms with E-state index in [1.54, 1.807) is 0 Å². The Hall–Kier alpha value is -2.78. The van der Waals surface area contributed by atoms with E-state index in [1.165, 1.54) is 41.7 Å². The second-order valence-electron chi connectivity index (χ2n) is 7.33. The molecule has 1 aliphatic rings. The Kier molecular flexibility index (Phi) is 7.07. The number of piperidine rings is 1. The van der Waals surface area contributed by atoms with Crippen LogP contribution in [-0.4, -0.2) is 50.8 Å². The van der Waals surface area contributed by atoms with Crippen molar-refractivity contribution in [1.29, 1.82) is 0 Å². The molecule has 1 fully saturated rings. The third-order valence-electron chi connectivity index (χ3n) is 5.23. The summed E-state index contributed by atoms with van der Waals surface area (Å²) >= 11 is 0. The van der Waals surface area contributed by atoms with Gasteiger partial charge in [-0.05, 0) is 62.2 Å². The number of nitrogens with zero attached hydrogens (tertiary/aromatic N) is 1. The van der Waals surface area contributed by atoms with E-state index >= 15 is 0 Å². The monoisotopic (exact) mass is 449 g/mol. The highest BCUT2D eigenvalue weighted by molar-refractivity contribution is 7.89. The van der Waals surface area contributed by atoms with Crippen LogP contribution in [-0.2, 0) is 14.8 Å². The van der Waals surface area contributed by atoms with Gasteiger partial charge in [0.05, 0.1) is 12.7 Å². The summed E-state index contributed by atoms with van der Waals surface area (Å²) in [5.41, 5.74) is 0.183. The number of esters is 1. The van der Waals surface area contributed by atoms with Crippen molar-refractivity contribution < 1.29 is 31.9 Å². The van der Waals surface area contributed by atoms with Crippen LogP contribution < -0.4 is 4.74 Å². The van der Waals surface area contributed by atoms with Crippen molar-refractivity contribution in [2.45, 2.75) is 37.1 Å². The second kappa shape index (κ2) is 9.57. The van der Waals surface area contributed by atoms with Gasteiger partial charge in [-0.2, -0.15) is 4.31 Å². The minimum absolute atomic E-state index is 0.0176. The van der Waals surface area contributed by atoms with Gasteiger partial charge in [0.2, 0.25) is 10.0 Å². The van der Waals surface area contributed by atoms with Gasteiger partial charge < -0.3 is 9.47 Å². The van der Waals surface area contributed by atoms with Gasteiger partial charge in [-0.1, -0.05) is 6.42 Å². The molecule has 1 saturated heterocycles. The van der Waals surface area contributed by atoms with Gasteiger partial charge in [0.25, 0.3) is 0 Å². The highest BCUT2D eigenvalue weighted by atomic mass is 32.2. The Morgan fingerprint density at radius 3 is 2.42 bits per heavy atom. The lowest BCUT2D eigenvalue weighted by atomic mass is 10.1. The molecule has 1 heterocycles. The van der Waals surface area contributed by atoms with Crippen LogP contribution in [0.4, 0.5) is 4.39 Å². The second-order valence-corrected chi connectivity index (χ2v) is 9.19. The molecule has 0 amide bonds. The van der Waals surface area contributed by atoms with Crippen molar-refractivity contribution in [3.63, 3.8) is 0 Å². The van der Waals surface area contributed by atoms with Crippen molar-refractivity contribution in [2.24, 2.45) is 0 Å². The zero-order valence-electron chi connectivity index (χ0n) is 17.3. The molecule has 1 aliphatic heterocycles. The number of carbonyl (C=O) groups is 2. The maximum atomic E-state index is 13.2. The van der Waals surface area contributed by atoms with Crippen LogP contribution in [0.2, 0.25) is 0 Å². The Bertz CT molecular complexity index is 1070. The number of ether oxygens (including phenoxy) is 2. The number of sulfonamides is 1. The molecule has 1 unspecified atom stereocenters. The van der Waals surface area contributed by atoms with E-state index in [0.717, 1.165) is 31.4 Å². The minimum Gasteiger partial charge on any atom is -0.495 e. The molecule has 166 valence electrons. The van der Waals surface area contributed by atoms with Crippen molar-refractivity contribution in [1.82, 2.24) is 4.31 Å². The molecule has 7 nitrogen and oxygen atoms in total. The third kappa shape index (κ3) is 5.11. The van der Waals surface area contributed by atoms with Gasteiger partial charge in [0, 0.05) is 18.2 Å². The fraction of sp³-hybridized carbons (Fsp3) is 0.364. The third-order valence-corrected chi connectivity index (χ3v) is 7.26. The Labute approximate surface area is 180 Å². The quantitative estimate of drug-likeness (QED) is 0.475. The molecule has 0 radical (unpaired) electrons. The number of carbonyl (C=O) groups excluding carboxylic acids is 2. The molecule has 0 saturated carbocycles. The summed E-state index contributed by atoms with van der Waals surface area (Å²) in [5.74, 6) is -1.71. The summed E-state index contributed by atoms with van der Waals surface area (Å²) < 4.78 is 51.1. The molecular formula is C22H24FNO6S. The molecule has 0 N–H and O–H groups in total. The van der Waals surface area contributed by atoms with Gasteiger partial charge in [0.1, 0.15) is 16.5 Å². The van der Waals surface area contributed by atoms with Gasteiger partial charge >= 0.3 is 5.97 Å². The van der Waals surface area contributed by atoms with Gasteiger partial charge in [-0.25, -0.2) is 17.6 Å². The lowest BCUT2D eigenvalue weighted by molar-refractivity contribution is 0.0474. The number of halogens is 1. The first-order valence-electron chi connectivity index (χ1n) is 9.90. The van der Waals surface area contributed by atoms with E-state index in [4.69, 9.17) is 9.47 Å². The topological polar surface area (TPSA) is 90.0 Å². The van der Waals surface area contributed by atoms with Gasteiger partial charge in [-0.15, -0.1) is 0 Å².